The largest absolute Gasteiger partial charge is 0.328 e. The maximum atomic E-state index is 9.72. The molecule has 0 aromatic rings. The number of nitrogens with zero attached hydrogens (tertiary/aromatic N) is 2. The highest BCUT2D eigenvalue weighted by atomic mass is 19.2. The van der Waals surface area contributed by atoms with E-state index >= 15 is 0 Å². The first-order chi connectivity index (χ1) is 3.46. The second kappa shape index (κ2) is 5.53. The third-order valence-corrected chi connectivity index (χ3v) is 0. The Kier molecular flexibility index (Phi) is 6.73. The second-order valence-electron chi connectivity index (χ2n) is 0.450. The first kappa shape index (κ1) is 9.73. The van der Waals surface area contributed by atoms with E-state index in [2.05, 4.69) is 0 Å². The van der Waals surface area contributed by atoms with E-state index in [1.54, 1.807) is 0 Å². The molecular formula is HFN2O5. The summed E-state index contributed by atoms with van der Waals surface area (Å²) in [5, 5.41) is 19.8. The summed E-state index contributed by atoms with van der Waals surface area (Å²) >= 11 is 0. The van der Waals surface area contributed by atoms with Gasteiger partial charge in [0.15, 0.2) is 4.48 Å². The molecule has 0 unspecified atom stereocenters. The minimum Gasteiger partial charge on any atom is -0.328 e. The summed E-state index contributed by atoms with van der Waals surface area (Å²) in [7, 11) is 0. The number of hydrogen-bond donors (Lipinski definition) is 1. The van der Waals surface area contributed by atoms with Gasteiger partial charge in [0.25, 0.3) is 10.2 Å². The van der Waals surface area contributed by atoms with Crippen molar-refractivity contribution in [2.45, 2.75) is 0 Å². The Hall–Kier alpha value is -1.47. The van der Waals surface area contributed by atoms with E-state index in [1.165, 1.54) is 0 Å². The molecule has 0 fully saturated rings. The average Bonchev–Trinajstić information content (AvgIpc) is 1.25. The zero-order valence-electron chi connectivity index (χ0n) is 3.35. The van der Waals surface area contributed by atoms with Gasteiger partial charge in [-0.1, -0.05) is 0 Å². The van der Waals surface area contributed by atoms with Gasteiger partial charge in [0.05, 0.1) is 0 Å². The predicted molar refractivity (Wildman–Crippen MR) is 16.9 cm³/mol. The molecule has 0 spiro atoms. The van der Waals surface area contributed by atoms with Gasteiger partial charge < -0.3 is 5.21 Å². The van der Waals surface area contributed by atoms with Crippen molar-refractivity contribution in [1.82, 2.24) is 0 Å². The highest BCUT2D eigenvalue weighted by Crippen LogP contribution is 1.54. The number of halogens is 1. The molecule has 7 nitrogen and oxygen atoms in total. The molecule has 0 aliphatic heterocycles. The van der Waals surface area contributed by atoms with Crippen LogP contribution in [0.5, 0.6) is 0 Å². The van der Waals surface area contributed by atoms with Crippen LogP contribution in [0.3, 0.4) is 0 Å². The fraction of sp³-hybridized carbons (Fsp3) is 0. The van der Waals surface area contributed by atoms with Crippen molar-refractivity contribution < 1.29 is 19.9 Å². The third kappa shape index (κ3) is 26.1. The fourth-order valence-electron chi connectivity index (χ4n) is 0. The molecule has 0 amide bonds. The summed E-state index contributed by atoms with van der Waals surface area (Å²) < 4.78 is 9.72. The van der Waals surface area contributed by atoms with Crippen LogP contribution in [0.2, 0.25) is 0 Å². The topological polar surface area (TPSA) is 107 Å². The van der Waals surface area contributed by atoms with E-state index in [1.807, 2.05) is 0 Å². The Labute approximate surface area is 41.5 Å². The van der Waals surface area contributed by atoms with Crippen molar-refractivity contribution >= 4 is 0 Å². The molecule has 0 saturated heterocycles. The predicted octanol–water partition coefficient (Wildman–Crippen LogP) is -0.200. The van der Waals surface area contributed by atoms with Gasteiger partial charge >= 0.3 is 0 Å². The molecule has 0 bridgehead atoms. The lowest BCUT2D eigenvalue weighted by Crippen LogP contribution is -1.81. The van der Waals surface area contributed by atoms with Gasteiger partial charge in [-0.3, -0.25) is 0 Å². The molecule has 0 aromatic carbocycles. The third-order valence-electron chi connectivity index (χ3n) is 0. The number of nitro groups is 1. The van der Waals surface area contributed by atoms with E-state index in [0.717, 1.165) is 0 Å². The highest BCUT2D eigenvalue weighted by molar-refractivity contribution is 3.84. The normalized spacial score (nSPS) is 6.12. The quantitative estimate of drug-likeness (QED) is 0.276. The highest BCUT2D eigenvalue weighted by Gasteiger charge is 1.71. The van der Waals surface area contributed by atoms with Crippen LogP contribution < -0.4 is 0 Å². The van der Waals surface area contributed by atoms with Gasteiger partial charge in [0.1, 0.15) is 0 Å². The van der Waals surface area contributed by atoms with Crippen molar-refractivity contribution in [2.75, 3.05) is 0 Å². The Morgan fingerprint density at radius 1 is 1.38 bits per heavy atom. The average molecular weight is 128 g/mol. The van der Waals surface area contributed by atoms with Gasteiger partial charge in [-0.2, -0.15) is 0 Å². The van der Waals surface area contributed by atoms with Crippen LogP contribution in [-0.4, -0.2) is 15.4 Å². The first-order valence-corrected chi connectivity index (χ1v) is 1.10. The Morgan fingerprint density at radius 2 is 1.38 bits per heavy atom. The minimum absolute atomic E-state index is 1.50. The van der Waals surface area contributed by atoms with E-state index < -0.39 is 10.2 Å². The zero-order chi connectivity index (χ0) is 7.15. The molecule has 0 aliphatic rings. The van der Waals surface area contributed by atoms with Crippen molar-refractivity contribution in [2.24, 2.45) is 0 Å². The fourth-order valence-corrected chi connectivity index (χ4v) is 0. The Balaban J connectivity index is 0. The Bertz CT molecular complexity index is 68.4. The van der Waals surface area contributed by atoms with E-state index in [0.29, 0.717) is 0 Å². The van der Waals surface area contributed by atoms with Crippen molar-refractivity contribution in [1.29, 1.82) is 0 Å². The van der Waals surface area contributed by atoms with Gasteiger partial charge in [-0.25, -0.2) is 10.1 Å². The van der Waals surface area contributed by atoms with Crippen molar-refractivity contribution in [3.05, 3.63) is 20.2 Å². The van der Waals surface area contributed by atoms with Crippen molar-refractivity contribution in [3.63, 3.8) is 0 Å². The summed E-state index contributed by atoms with van der Waals surface area (Å²) in [5.41, 5.74) is 0. The molecule has 0 radical (unpaired) electrons. The van der Waals surface area contributed by atoms with Crippen LogP contribution in [0.4, 0.5) is 4.48 Å². The summed E-state index contributed by atoms with van der Waals surface area (Å²) in [6, 6.07) is 0. The van der Waals surface area contributed by atoms with Crippen molar-refractivity contribution in [3.8, 4) is 0 Å². The molecule has 0 saturated carbocycles. The maximum Gasteiger partial charge on any atom is 0.291 e. The molecule has 1 N–H and O–H groups in total. The molecule has 0 rings (SSSR count). The second-order valence-corrected chi connectivity index (χ2v) is 0.450. The van der Waals surface area contributed by atoms with E-state index in [4.69, 9.17) is 25.4 Å². The standard InChI is InChI=1S/FNO2.HNO3/c1-2(3)4;2-1(3)4/h;(H,2,3,4). The monoisotopic (exact) mass is 128 g/mol. The van der Waals surface area contributed by atoms with E-state index in [-0.39, 0.29) is 0 Å². The lowest BCUT2D eigenvalue weighted by molar-refractivity contribution is -0.742. The smallest absolute Gasteiger partial charge is 0.291 e. The van der Waals surface area contributed by atoms with E-state index in [9.17, 15) is 4.48 Å². The van der Waals surface area contributed by atoms with Gasteiger partial charge in [-0.15, -0.1) is 10.1 Å². The molecule has 0 aliphatic carbocycles. The van der Waals surface area contributed by atoms with Crippen LogP contribution in [0.15, 0.2) is 0 Å². The zero-order valence-corrected chi connectivity index (χ0v) is 3.35. The van der Waals surface area contributed by atoms with Crippen LogP contribution in [0, 0.1) is 20.2 Å². The van der Waals surface area contributed by atoms with Crippen LogP contribution in [0.1, 0.15) is 0 Å². The molecule has 48 valence electrons. The number of rotatable bonds is 0. The summed E-state index contributed by atoms with van der Waals surface area (Å²) in [5.74, 6) is 0. The van der Waals surface area contributed by atoms with Crippen LogP contribution in [-0.2, 0) is 0 Å². The molecule has 8 heavy (non-hydrogen) atoms. The van der Waals surface area contributed by atoms with Gasteiger partial charge in [0.2, 0.25) is 0 Å². The summed E-state index contributed by atoms with van der Waals surface area (Å²) in [6.07, 6.45) is 0. The van der Waals surface area contributed by atoms with Gasteiger partial charge in [0, 0.05) is 0 Å². The maximum absolute atomic E-state index is 9.72. The molecule has 0 atom stereocenters. The molecule has 0 aromatic heterocycles. The Morgan fingerprint density at radius 3 is 1.38 bits per heavy atom. The lowest BCUT2D eigenvalue weighted by atomic mass is 13.1. The summed E-state index contributed by atoms with van der Waals surface area (Å²) in [6.45, 7) is 0. The number of hydrogen-bond acceptors (Lipinski definition) is 4. The molecule has 0 heterocycles. The minimum atomic E-state index is -2.00. The SMILES string of the molecule is O=[N+]([O-])F.O=[N+]([O-])O. The van der Waals surface area contributed by atoms with Gasteiger partial charge in [-0.05, 0) is 0 Å². The molecular weight excluding hydrogens is 127 g/mol. The first-order valence-electron chi connectivity index (χ1n) is 1.10. The van der Waals surface area contributed by atoms with Crippen LogP contribution >= 0.6 is 0 Å². The van der Waals surface area contributed by atoms with Crippen LogP contribution in [0.25, 0.3) is 0 Å². The molecule has 8 heteroatoms. The summed E-state index contributed by atoms with van der Waals surface area (Å²) in [4.78, 5) is 16.5. The lowest BCUT2D eigenvalue weighted by Gasteiger charge is -1.56.